The van der Waals surface area contributed by atoms with Crippen LogP contribution < -0.4 is 10.1 Å². The number of aromatic amines is 1. The van der Waals surface area contributed by atoms with Gasteiger partial charge in [-0.2, -0.15) is 0 Å². The highest BCUT2D eigenvalue weighted by Crippen LogP contribution is 2.38. The molecule has 8 heteroatoms. The van der Waals surface area contributed by atoms with Gasteiger partial charge in [0, 0.05) is 37.8 Å². The first-order chi connectivity index (χ1) is 16.5. The van der Waals surface area contributed by atoms with Gasteiger partial charge >= 0.3 is 0 Å². The average molecular weight is 468 g/mol. The van der Waals surface area contributed by atoms with Gasteiger partial charge in [0.15, 0.2) is 6.61 Å². The molecule has 0 saturated carbocycles. The molecule has 3 atom stereocenters. The molecule has 0 amide bonds. The number of hydrogen-bond donors (Lipinski definition) is 2. The van der Waals surface area contributed by atoms with Crippen LogP contribution in [0.5, 0.6) is 5.75 Å². The molecule has 4 rings (SSSR count). The first-order valence-electron chi connectivity index (χ1n) is 12.0. The van der Waals surface area contributed by atoms with Gasteiger partial charge in [-0.05, 0) is 61.3 Å². The molecule has 34 heavy (non-hydrogen) atoms. The molecule has 3 aromatic rings. The second kappa shape index (κ2) is 11.4. The second-order valence-electron chi connectivity index (χ2n) is 9.48. The van der Waals surface area contributed by atoms with Gasteiger partial charge in [0.05, 0.1) is 6.33 Å². The molecule has 1 aliphatic carbocycles. The molecule has 0 bridgehead atoms. The topological polar surface area (TPSA) is 88.9 Å². The molecule has 1 aromatic carbocycles. The minimum absolute atomic E-state index is 0.166. The molecule has 0 radical (unpaired) electrons. The lowest BCUT2D eigenvalue weighted by Gasteiger charge is -2.37. The third kappa shape index (κ3) is 6.53. The number of nitrogens with one attached hydrogen (secondary N) is 2. The molecule has 2 aromatic heterocycles. The molecule has 0 spiro atoms. The third-order valence-electron chi connectivity index (χ3n) is 6.70. The third-order valence-corrected chi connectivity index (χ3v) is 6.70. The number of H-pyrrole nitrogens is 1. The summed E-state index contributed by atoms with van der Waals surface area (Å²) >= 11 is 0. The molecular formula is C26H34FN5O2. The van der Waals surface area contributed by atoms with E-state index >= 15 is 0 Å². The van der Waals surface area contributed by atoms with Crippen molar-refractivity contribution in [3.63, 3.8) is 0 Å². The van der Waals surface area contributed by atoms with Crippen molar-refractivity contribution in [1.29, 1.82) is 0 Å². The summed E-state index contributed by atoms with van der Waals surface area (Å²) < 4.78 is 24.5. The highest BCUT2D eigenvalue weighted by atomic mass is 19.1. The highest BCUT2D eigenvalue weighted by molar-refractivity contribution is 5.22. The van der Waals surface area contributed by atoms with E-state index in [1.807, 2.05) is 6.20 Å². The zero-order chi connectivity index (χ0) is 23.9. The summed E-state index contributed by atoms with van der Waals surface area (Å²) in [6.07, 6.45) is 8.84. The fraction of sp³-hybridized carbons (Fsp3) is 0.500. The van der Waals surface area contributed by atoms with Gasteiger partial charge in [0.25, 0.3) is 5.89 Å². The van der Waals surface area contributed by atoms with Crippen LogP contribution >= 0.6 is 0 Å². The Hall–Kier alpha value is -3.00. The predicted molar refractivity (Wildman–Crippen MR) is 128 cm³/mol. The Kier molecular flexibility index (Phi) is 8.11. The summed E-state index contributed by atoms with van der Waals surface area (Å²) in [5, 5.41) is 12.0. The molecule has 0 aliphatic heterocycles. The maximum Gasteiger partial charge on any atom is 0.253 e. The molecule has 2 N–H and O–H groups in total. The van der Waals surface area contributed by atoms with E-state index in [4.69, 9.17) is 9.15 Å². The van der Waals surface area contributed by atoms with Crippen LogP contribution in [0.15, 0.2) is 52.9 Å². The number of hydrogen-bond acceptors (Lipinski definition) is 6. The molecule has 182 valence electrons. The number of ether oxygens (including phenoxy) is 1. The first-order valence-corrected chi connectivity index (χ1v) is 12.0. The quantitative estimate of drug-likeness (QED) is 0.313. The minimum Gasteiger partial charge on any atom is -0.484 e. The number of imidazole rings is 1. The molecule has 1 aliphatic rings. The van der Waals surface area contributed by atoms with Crippen LogP contribution in [0.1, 0.15) is 44.7 Å². The van der Waals surface area contributed by atoms with Gasteiger partial charge in [0.2, 0.25) is 5.89 Å². The zero-order valence-corrected chi connectivity index (χ0v) is 20.1. The van der Waals surface area contributed by atoms with E-state index < -0.39 is 0 Å². The van der Waals surface area contributed by atoms with Crippen molar-refractivity contribution in [2.24, 2.45) is 23.7 Å². The van der Waals surface area contributed by atoms with Crippen LogP contribution in [-0.4, -0.2) is 33.3 Å². The van der Waals surface area contributed by atoms with Crippen molar-refractivity contribution in [2.75, 3.05) is 13.1 Å². The normalized spacial score (nSPS) is 20.5. The van der Waals surface area contributed by atoms with E-state index in [0.29, 0.717) is 41.2 Å². The number of benzene rings is 1. The van der Waals surface area contributed by atoms with Gasteiger partial charge < -0.3 is 19.5 Å². The number of allylic oxidation sites excluding steroid dienone is 1. The van der Waals surface area contributed by atoms with Gasteiger partial charge in [-0.25, -0.2) is 9.37 Å². The van der Waals surface area contributed by atoms with Gasteiger partial charge in [0.1, 0.15) is 11.6 Å². The van der Waals surface area contributed by atoms with Crippen molar-refractivity contribution < 1.29 is 13.5 Å². The van der Waals surface area contributed by atoms with Crippen molar-refractivity contribution in [3.05, 3.63) is 71.7 Å². The number of aromatic nitrogens is 4. The Morgan fingerprint density at radius 3 is 2.74 bits per heavy atom. The number of nitrogens with zero attached hydrogens (tertiary/aromatic N) is 3. The minimum atomic E-state index is -0.296. The van der Waals surface area contributed by atoms with E-state index in [1.165, 1.54) is 17.7 Å². The van der Waals surface area contributed by atoms with Crippen LogP contribution in [0.2, 0.25) is 0 Å². The average Bonchev–Trinajstić information content (AvgIpc) is 3.50. The van der Waals surface area contributed by atoms with E-state index in [9.17, 15) is 4.39 Å². The monoisotopic (exact) mass is 467 g/mol. The largest absolute Gasteiger partial charge is 0.484 e. The van der Waals surface area contributed by atoms with Gasteiger partial charge in [-0.1, -0.05) is 25.5 Å². The lowest BCUT2D eigenvalue weighted by Crippen LogP contribution is -2.35. The fourth-order valence-electron chi connectivity index (χ4n) is 4.74. The first kappa shape index (κ1) is 24.1. The molecular weight excluding hydrogens is 433 g/mol. The predicted octanol–water partition coefficient (Wildman–Crippen LogP) is 4.74. The molecule has 0 fully saturated rings. The lowest BCUT2D eigenvalue weighted by molar-refractivity contribution is 0.215. The Balaban J connectivity index is 1.30. The summed E-state index contributed by atoms with van der Waals surface area (Å²) in [6, 6.07) is 5.88. The van der Waals surface area contributed by atoms with Crippen molar-refractivity contribution in [1.82, 2.24) is 25.5 Å². The standard InChI is InChI=1S/C26H34FN5O2/c1-17(2)24-11-19(18(3)10-20(24)13-28-9-8-22-14-29-16-30-22)12-25-31-32-26(34-25)15-33-23-6-4-21(27)5-7-23/h4-7,10,14,16-17,19-20,24,28H,8-9,11-13,15H2,1-3H3,(H,29,30)/t19-,20-,24-/m0/s1. The lowest BCUT2D eigenvalue weighted by atomic mass is 9.70. The van der Waals surface area contributed by atoms with Crippen molar-refractivity contribution in [3.8, 4) is 5.75 Å². The summed E-state index contributed by atoms with van der Waals surface area (Å²) in [6.45, 7) is 8.92. The van der Waals surface area contributed by atoms with Crippen LogP contribution in [0.4, 0.5) is 4.39 Å². The van der Waals surface area contributed by atoms with Crippen LogP contribution in [-0.2, 0) is 19.4 Å². The molecule has 7 nitrogen and oxygen atoms in total. The maximum absolute atomic E-state index is 13.0. The van der Waals surface area contributed by atoms with Crippen molar-refractivity contribution in [2.45, 2.75) is 46.6 Å². The molecule has 0 unspecified atom stereocenters. The Morgan fingerprint density at radius 1 is 1.21 bits per heavy atom. The SMILES string of the molecule is CC1=C[C@@H](CNCCc2cnc[nH]2)[C@H](C(C)C)C[C@H]1Cc1nnc(COc2ccc(F)cc2)o1. The summed E-state index contributed by atoms with van der Waals surface area (Å²) in [4.78, 5) is 7.23. The summed E-state index contributed by atoms with van der Waals surface area (Å²) in [5.74, 6) is 3.42. The van der Waals surface area contributed by atoms with Crippen LogP contribution in [0.3, 0.4) is 0 Å². The Bertz CT molecular complexity index is 1050. The zero-order valence-electron chi connectivity index (χ0n) is 20.1. The Morgan fingerprint density at radius 2 is 2.00 bits per heavy atom. The van der Waals surface area contributed by atoms with E-state index in [0.717, 1.165) is 38.0 Å². The van der Waals surface area contributed by atoms with Crippen LogP contribution in [0, 0.1) is 29.5 Å². The summed E-state index contributed by atoms with van der Waals surface area (Å²) in [5.41, 5.74) is 2.55. The van der Waals surface area contributed by atoms with E-state index in [-0.39, 0.29) is 12.4 Å². The van der Waals surface area contributed by atoms with Crippen LogP contribution in [0.25, 0.3) is 0 Å². The van der Waals surface area contributed by atoms with Gasteiger partial charge in [-0.15, -0.1) is 10.2 Å². The smallest absolute Gasteiger partial charge is 0.253 e. The fourth-order valence-corrected chi connectivity index (χ4v) is 4.74. The van der Waals surface area contributed by atoms with Crippen molar-refractivity contribution >= 4 is 0 Å². The maximum atomic E-state index is 13.0. The number of halogens is 1. The van der Waals surface area contributed by atoms with E-state index in [1.54, 1.807) is 18.5 Å². The number of rotatable bonds is 11. The molecule has 2 heterocycles. The molecule has 0 saturated heterocycles. The second-order valence-corrected chi connectivity index (χ2v) is 9.48. The highest BCUT2D eigenvalue weighted by Gasteiger charge is 2.32. The van der Waals surface area contributed by atoms with E-state index in [2.05, 4.69) is 52.3 Å². The van der Waals surface area contributed by atoms with Gasteiger partial charge in [-0.3, -0.25) is 0 Å². The Labute approximate surface area is 200 Å². The summed E-state index contributed by atoms with van der Waals surface area (Å²) in [7, 11) is 0.